The minimum absolute atomic E-state index is 0.0291. The third-order valence-corrected chi connectivity index (χ3v) is 6.14. The number of nitrogens with zero attached hydrogens (tertiary/aromatic N) is 1. The summed E-state index contributed by atoms with van der Waals surface area (Å²) < 4.78 is 23.7. The molecule has 3 rings (SSSR count). The summed E-state index contributed by atoms with van der Waals surface area (Å²) in [6, 6.07) is 11.8. The summed E-state index contributed by atoms with van der Waals surface area (Å²) in [4.78, 5) is 14.7. The van der Waals surface area contributed by atoms with E-state index in [4.69, 9.17) is 23.2 Å². The van der Waals surface area contributed by atoms with E-state index in [9.17, 15) is 13.2 Å². The largest absolute Gasteiger partial charge is 0.332 e. The maximum absolute atomic E-state index is 13.0. The molecule has 7 heteroatoms. The van der Waals surface area contributed by atoms with Crippen molar-refractivity contribution in [2.75, 3.05) is 12.8 Å². The first-order valence-electron chi connectivity index (χ1n) is 7.83. The zero-order valence-corrected chi connectivity index (χ0v) is 15.9. The molecular weight excluding hydrogens is 381 g/mol. The molecule has 0 N–H and O–H groups in total. The van der Waals surface area contributed by atoms with E-state index in [2.05, 4.69) is 0 Å². The van der Waals surface area contributed by atoms with Gasteiger partial charge in [-0.25, -0.2) is 8.42 Å². The van der Waals surface area contributed by atoms with Crippen LogP contribution in [0.1, 0.15) is 34.8 Å². The van der Waals surface area contributed by atoms with Gasteiger partial charge < -0.3 is 4.90 Å². The molecule has 1 aliphatic heterocycles. The van der Waals surface area contributed by atoms with Crippen molar-refractivity contribution in [1.29, 1.82) is 0 Å². The molecule has 1 unspecified atom stereocenters. The van der Waals surface area contributed by atoms with E-state index in [1.807, 2.05) is 18.2 Å². The quantitative estimate of drug-likeness (QED) is 0.772. The van der Waals surface area contributed by atoms with Gasteiger partial charge in [0.2, 0.25) is 0 Å². The van der Waals surface area contributed by atoms with Crippen LogP contribution in [0.25, 0.3) is 0 Å². The fourth-order valence-electron chi connectivity index (χ4n) is 3.16. The van der Waals surface area contributed by atoms with Crippen LogP contribution in [0.2, 0.25) is 10.0 Å². The second-order valence-corrected chi connectivity index (χ2v) is 8.96. The van der Waals surface area contributed by atoms with Crippen molar-refractivity contribution in [2.45, 2.75) is 23.8 Å². The lowest BCUT2D eigenvalue weighted by Gasteiger charge is -2.25. The van der Waals surface area contributed by atoms with Crippen molar-refractivity contribution in [3.8, 4) is 0 Å². The number of carbonyl (C=O) groups excluding carboxylic acids is 1. The molecule has 0 radical (unpaired) electrons. The van der Waals surface area contributed by atoms with Gasteiger partial charge >= 0.3 is 0 Å². The van der Waals surface area contributed by atoms with Crippen LogP contribution >= 0.6 is 23.2 Å². The van der Waals surface area contributed by atoms with Gasteiger partial charge in [0.1, 0.15) is 0 Å². The Kier molecular flexibility index (Phi) is 5.09. The second kappa shape index (κ2) is 6.98. The number of carbonyl (C=O) groups is 1. The Morgan fingerprint density at radius 2 is 1.92 bits per heavy atom. The maximum atomic E-state index is 13.0. The molecule has 0 bridgehead atoms. The van der Waals surface area contributed by atoms with E-state index in [0.29, 0.717) is 17.1 Å². The van der Waals surface area contributed by atoms with Gasteiger partial charge in [0.25, 0.3) is 5.91 Å². The Bertz CT molecular complexity index is 928. The molecule has 1 fully saturated rings. The predicted molar refractivity (Wildman–Crippen MR) is 99.0 cm³/mol. The highest BCUT2D eigenvalue weighted by Crippen LogP contribution is 2.34. The number of hydrogen-bond donors (Lipinski definition) is 0. The zero-order chi connectivity index (χ0) is 18.2. The van der Waals surface area contributed by atoms with Gasteiger partial charge in [-0.3, -0.25) is 4.79 Å². The third-order valence-electron chi connectivity index (χ3n) is 4.32. The highest BCUT2D eigenvalue weighted by Gasteiger charge is 2.31. The van der Waals surface area contributed by atoms with Crippen LogP contribution in [0.5, 0.6) is 0 Å². The van der Waals surface area contributed by atoms with E-state index in [1.54, 1.807) is 17.0 Å². The summed E-state index contributed by atoms with van der Waals surface area (Å²) in [6.07, 6.45) is 2.81. The molecule has 1 aliphatic rings. The molecular formula is C18H17Cl2NO3S. The smallest absolute Gasteiger partial charge is 0.254 e. The van der Waals surface area contributed by atoms with E-state index < -0.39 is 9.84 Å². The first-order chi connectivity index (χ1) is 11.8. The number of likely N-dealkylation sites (tertiary alicyclic amines) is 1. The molecule has 132 valence electrons. The fraction of sp³-hybridized carbons (Fsp3) is 0.278. The Labute approximate surface area is 157 Å². The van der Waals surface area contributed by atoms with E-state index >= 15 is 0 Å². The molecule has 0 aromatic heterocycles. The molecule has 1 heterocycles. The van der Waals surface area contributed by atoms with Gasteiger partial charge in [-0.15, -0.1) is 0 Å². The number of sulfone groups is 1. The normalized spacial score (nSPS) is 17.7. The van der Waals surface area contributed by atoms with Crippen molar-refractivity contribution < 1.29 is 13.2 Å². The Hall–Kier alpha value is -1.56. The molecule has 2 aromatic rings. The topological polar surface area (TPSA) is 54.5 Å². The lowest BCUT2D eigenvalue weighted by Crippen LogP contribution is -2.30. The molecule has 1 amide bonds. The highest BCUT2D eigenvalue weighted by atomic mass is 35.5. The molecule has 0 saturated carbocycles. The van der Waals surface area contributed by atoms with Crippen LogP contribution < -0.4 is 0 Å². The second-order valence-electron chi connectivity index (χ2n) is 6.13. The number of hydrogen-bond acceptors (Lipinski definition) is 3. The Morgan fingerprint density at radius 1 is 1.16 bits per heavy atom. The molecule has 2 aromatic carbocycles. The van der Waals surface area contributed by atoms with Crippen LogP contribution in [0, 0.1) is 0 Å². The minimum atomic E-state index is -3.50. The fourth-order valence-corrected chi connectivity index (χ4v) is 4.66. The summed E-state index contributed by atoms with van der Waals surface area (Å²) in [5.74, 6) is -0.205. The van der Waals surface area contributed by atoms with Gasteiger partial charge in [0.15, 0.2) is 9.84 Å². The molecule has 4 nitrogen and oxygen atoms in total. The van der Waals surface area contributed by atoms with Crippen LogP contribution in [0.3, 0.4) is 0 Å². The molecule has 0 spiro atoms. The van der Waals surface area contributed by atoms with Crippen molar-refractivity contribution in [3.63, 3.8) is 0 Å². The molecule has 1 atom stereocenters. The summed E-state index contributed by atoms with van der Waals surface area (Å²) in [5, 5.41) is 0.745. The number of amides is 1. The third kappa shape index (κ3) is 3.84. The molecule has 25 heavy (non-hydrogen) atoms. The van der Waals surface area contributed by atoms with E-state index in [1.165, 1.54) is 12.1 Å². The summed E-state index contributed by atoms with van der Waals surface area (Å²) in [7, 11) is -3.50. The first-order valence-corrected chi connectivity index (χ1v) is 10.5. The molecule has 0 aliphatic carbocycles. The monoisotopic (exact) mass is 397 g/mol. The minimum Gasteiger partial charge on any atom is -0.332 e. The van der Waals surface area contributed by atoms with Gasteiger partial charge in [-0.05, 0) is 48.7 Å². The summed E-state index contributed by atoms with van der Waals surface area (Å²) >= 11 is 12.0. The van der Waals surface area contributed by atoms with Crippen LogP contribution in [0.15, 0.2) is 47.4 Å². The van der Waals surface area contributed by atoms with Gasteiger partial charge in [-0.2, -0.15) is 0 Å². The van der Waals surface area contributed by atoms with Crippen LogP contribution in [-0.2, 0) is 9.84 Å². The highest BCUT2D eigenvalue weighted by molar-refractivity contribution is 7.90. The van der Waals surface area contributed by atoms with E-state index in [0.717, 1.165) is 24.7 Å². The van der Waals surface area contributed by atoms with Gasteiger partial charge in [-0.1, -0.05) is 35.3 Å². The zero-order valence-electron chi connectivity index (χ0n) is 13.6. The van der Waals surface area contributed by atoms with Crippen molar-refractivity contribution in [2.24, 2.45) is 0 Å². The average Bonchev–Trinajstić information content (AvgIpc) is 3.03. The Morgan fingerprint density at radius 3 is 2.60 bits per heavy atom. The number of benzene rings is 2. The van der Waals surface area contributed by atoms with E-state index in [-0.39, 0.29) is 21.9 Å². The number of halogens is 2. The molecule has 1 saturated heterocycles. The summed E-state index contributed by atoms with van der Waals surface area (Å²) in [6.45, 7) is 0.618. The maximum Gasteiger partial charge on any atom is 0.254 e. The van der Waals surface area contributed by atoms with Gasteiger partial charge in [0.05, 0.1) is 16.0 Å². The Balaban J connectivity index is 1.95. The summed E-state index contributed by atoms with van der Waals surface area (Å²) in [5.41, 5.74) is 1.30. The van der Waals surface area contributed by atoms with Crippen LogP contribution in [0.4, 0.5) is 0 Å². The lowest BCUT2D eigenvalue weighted by molar-refractivity contribution is 0.0735. The van der Waals surface area contributed by atoms with Crippen LogP contribution in [-0.4, -0.2) is 32.0 Å². The first kappa shape index (κ1) is 18.2. The number of rotatable bonds is 3. The van der Waals surface area contributed by atoms with Crippen molar-refractivity contribution in [3.05, 3.63) is 63.6 Å². The average molecular weight is 398 g/mol. The van der Waals surface area contributed by atoms with Crippen molar-refractivity contribution in [1.82, 2.24) is 4.90 Å². The standard InChI is InChI=1S/C18H17Cl2NO3S/c1-25(23,24)17-11-13(7-8-15(17)20)18(22)21-9-3-6-16(21)12-4-2-5-14(19)10-12/h2,4-5,7-8,10-11,16H,3,6,9H2,1H3. The SMILES string of the molecule is CS(=O)(=O)c1cc(C(=O)N2CCCC2c2cccc(Cl)c2)ccc1Cl. The predicted octanol–water partition coefficient (Wildman–Crippen LogP) is 4.37. The lowest BCUT2D eigenvalue weighted by atomic mass is 10.0. The van der Waals surface area contributed by atoms with Crippen molar-refractivity contribution >= 4 is 38.9 Å². The van der Waals surface area contributed by atoms with Gasteiger partial charge in [0, 0.05) is 23.4 Å².